The van der Waals surface area contributed by atoms with Crippen molar-refractivity contribution in [3.8, 4) is 22.5 Å². The van der Waals surface area contributed by atoms with Crippen LogP contribution in [0.5, 0.6) is 0 Å². The Morgan fingerprint density at radius 1 is 1.11 bits per heavy atom. The lowest BCUT2D eigenvalue weighted by Crippen LogP contribution is -2.27. The molecule has 1 N–H and O–H groups in total. The van der Waals surface area contributed by atoms with Gasteiger partial charge in [0.15, 0.2) is 0 Å². The predicted octanol–water partition coefficient (Wildman–Crippen LogP) is 3.41. The van der Waals surface area contributed by atoms with Crippen molar-refractivity contribution in [3.63, 3.8) is 0 Å². The molecule has 11 nitrogen and oxygen atoms in total. The van der Waals surface area contributed by atoms with Gasteiger partial charge in [-0.15, -0.1) is 10.2 Å². The van der Waals surface area contributed by atoms with Crippen molar-refractivity contribution in [2.24, 2.45) is 7.05 Å². The predicted molar refractivity (Wildman–Crippen MR) is 130 cm³/mol. The van der Waals surface area contributed by atoms with Gasteiger partial charge in [-0.1, -0.05) is 12.1 Å². The molecule has 5 aromatic rings. The van der Waals surface area contributed by atoms with E-state index < -0.39 is 17.9 Å². The zero-order valence-electron chi connectivity index (χ0n) is 20.6. The van der Waals surface area contributed by atoms with Gasteiger partial charge in [0.1, 0.15) is 0 Å². The van der Waals surface area contributed by atoms with Crippen LogP contribution in [0.3, 0.4) is 0 Å². The van der Waals surface area contributed by atoms with E-state index in [-0.39, 0.29) is 23.5 Å². The number of alkyl halides is 2. The Hall–Kier alpha value is -4.55. The number of benzene rings is 1. The van der Waals surface area contributed by atoms with Crippen molar-refractivity contribution in [2.45, 2.75) is 39.3 Å². The van der Waals surface area contributed by atoms with Crippen molar-refractivity contribution >= 4 is 11.4 Å². The Morgan fingerprint density at radius 2 is 1.92 bits per heavy atom. The Labute approximate surface area is 210 Å². The van der Waals surface area contributed by atoms with Crippen LogP contribution in [0.25, 0.3) is 28.0 Å². The largest absolute Gasteiger partial charge is 0.345 e. The molecule has 4 aromatic heterocycles. The molecular weight excluding hydrogens is 482 g/mol. The lowest BCUT2D eigenvalue weighted by Gasteiger charge is -2.15. The zero-order valence-corrected chi connectivity index (χ0v) is 20.6. The Kier molecular flexibility index (Phi) is 5.97. The number of carbonyl (C=O) groups is 1. The van der Waals surface area contributed by atoms with Crippen LogP contribution in [0.2, 0.25) is 0 Å². The summed E-state index contributed by atoms with van der Waals surface area (Å²) in [5.74, 6) is -0.740. The molecule has 0 radical (unpaired) electrons. The van der Waals surface area contributed by atoms with Crippen LogP contribution in [0.15, 0.2) is 49.1 Å². The molecule has 37 heavy (non-hydrogen) atoms. The zero-order chi connectivity index (χ0) is 26.3. The molecule has 1 amide bonds. The van der Waals surface area contributed by atoms with Crippen LogP contribution in [-0.2, 0) is 19.1 Å². The number of aryl methyl sites for hydroxylation is 1. The standard InChI is InChI=1S/C24H24F2N10O/c1-24(2,3)36-32-22(31-33-36)23(37)27-10-15-6-5-14(9-17(15)21(25)26)20-19-7-8-28-35(19)13-18(30-20)16-11-29-34(4)12-16/h5-9,11-13,21H,10H2,1-4H3,(H,27,37). The summed E-state index contributed by atoms with van der Waals surface area (Å²) in [4.78, 5) is 18.6. The highest BCUT2D eigenvalue weighted by Gasteiger charge is 2.22. The molecule has 0 aliphatic carbocycles. The molecule has 1 aromatic carbocycles. The van der Waals surface area contributed by atoms with E-state index in [2.05, 4.69) is 30.9 Å². The van der Waals surface area contributed by atoms with E-state index >= 15 is 0 Å². The van der Waals surface area contributed by atoms with Gasteiger partial charge in [-0.05, 0) is 43.7 Å². The van der Waals surface area contributed by atoms with Gasteiger partial charge in [0.25, 0.3) is 18.2 Å². The van der Waals surface area contributed by atoms with E-state index in [0.29, 0.717) is 22.5 Å². The smallest absolute Gasteiger partial charge is 0.293 e. The average Bonchev–Trinajstić information content (AvgIpc) is 3.61. The molecule has 0 aliphatic heterocycles. The van der Waals surface area contributed by atoms with E-state index in [1.165, 1.54) is 10.9 Å². The number of carbonyl (C=O) groups excluding carboxylic acids is 1. The lowest BCUT2D eigenvalue weighted by molar-refractivity contribution is 0.0938. The summed E-state index contributed by atoms with van der Waals surface area (Å²) in [5, 5.41) is 22.8. The molecule has 0 atom stereocenters. The fraction of sp³-hybridized carbons (Fsp3) is 0.292. The van der Waals surface area contributed by atoms with Crippen LogP contribution in [0.4, 0.5) is 8.78 Å². The highest BCUT2D eigenvalue weighted by molar-refractivity contribution is 5.90. The third-order valence-corrected chi connectivity index (χ3v) is 5.70. The molecule has 0 fully saturated rings. The van der Waals surface area contributed by atoms with Crippen molar-refractivity contribution in [1.82, 2.24) is 49.9 Å². The first-order valence-electron chi connectivity index (χ1n) is 11.4. The highest BCUT2D eigenvalue weighted by atomic mass is 19.3. The van der Waals surface area contributed by atoms with Crippen LogP contribution in [0, 0.1) is 0 Å². The van der Waals surface area contributed by atoms with E-state index in [0.717, 1.165) is 5.56 Å². The van der Waals surface area contributed by atoms with Crippen LogP contribution in [-0.4, -0.2) is 50.5 Å². The quantitative estimate of drug-likeness (QED) is 0.375. The van der Waals surface area contributed by atoms with Gasteiger partial charge in [0, 0.05) is 36.5 Å². The first kappa shape index (κ1) is 24.2. The van der Waals surface area contributed by atoms with Gasteiger partial charge in [-0.3, -0.25) is 9.48 Å². The Morgan fingerprint density at radius 3 is 2.59 bits per heavy atom. The summed E-state index contributed by atoms with van der Waals surface area (Å²) < 4.78 is 31.5. The van der Waals surface area contributed by atoms with Gasteiger partial charge in [0.05, 0.1) is 41.0 Å². The number of nitrogens with zero attached hydrogens (tertiary/aromatic N) is 9. The average molecular weight is 507 g/mol. The molecular formula is C24H24F2N10O. The van der Waals surface area contributed by atoms with Crippen molar-refractivity contribution in [1.29, 1.82) is 0 Å². The minimum Gasteiger partial charge on any atom is -0.345 e. The number of rotatable bonds is 6. The number of halogens is 2. The number of nitrogens with one attached hydrogen (secondary N) is 1. The summed E-state index contributed by atoms with van der Waals surface area (Å²) in [6.45, 7) is 5.47. The Balaban J connectivity index is 1.45. The van der Waals surface area contributed by atoms with Gasteiger partial charge < -0.3 is 5.32 Å². The minimum absolute atomic E-state index is 0.131. The number of amides is 1. The fourth-order valence-electron chi connectivity index (χ4n) is 3.78. The van der Waals surface area contributed by atoms with Crippen LogP contribution >= 0.6 is 0 Å². The first-order chi connectivity index (χ1) is 17.6. The molecule has 0 aliphatic rings. The Bertz CT molecular complexity index is 1590. The molecule has 5 rings (SSSR count). The summed E-state index contributed by atoms with van der Waals surface area (Å²) in [5.41, 5.74) is 2.64. The van der Waals surface area contributed by atoms with Crippen molar-refractivity contribution in [3.05, 3.63) is 66.0 Å². The second-order valence-electron chi connectivity index (χ2n) is 9.51. The maximum absolute atomic E-state index is 14.1. The minimum atomic E-state index is -2.77. The third kappa shape index (κ3) is 4.79. The normalized spacial score (nSPS) is 12.0. The summed E-state index contributed by atoms with van der Waals surface area (Å²) in [7, 11) is 1.80. The molecule has 0 bridgehead atoms. The number of fused-ring (bicyclic) bond motifs is 1. The van der Waals surface area contributed by atoms with Gasteiger partial charge in [-0.25, -0.2) is 18.3 Å². The van der Waals surface area contributed by atoms with Crippen LogP contribution < -0.4 is 5.32 Å². The molecule has 4 heterocycles. The van der Waals surface area contributed by atoms with Gasteiger partial charge >= 0.3 is 0 Å². The highest BCUT2D eigenvalue weighted by Crippen LogP contribution is 2.31. The number of hydrogen-bond acceptors (Lipinski definition) is 7. The number of hydrogen-bond donors (Lipinski definition) is 1. The summed E-state index contributed by atoms with van der Waals surface area (Å²) >= 11 is 0. The van der Waals surface area contributed by atoms with Gasteiger partial charge in [0.2, 0.25) is 0 Å². The second kappa shape index (κ2) is 9.15. The van der Waals surface area contributed by atoms with Gasteiger partial charge in [-0.2, -0.15) is 15.0 Å². The van der Waals surface area contributed by atoms with E-state index in [4.69, 9.17) is 4.98 Å². The fourth-order valence-corrected chi connectivity index (χ4v) is 3.78. The molecule has 0 unspecified atom stereocenters. The summed E-state index contributed by atoms with van der Waals surface area (Å²) in [6.07, 6.45) is 4.10. The SMILES string of the molecule is Cn1cc(-c2cn3nccc3c(-c3ccc(CNC(=O)c4nnn(C(C)(C)C)n4)c(C(F)F)c3)n2)cn1. The molecule has 0 saturated heterocycles. The molecule has 0 spiro atoms. The molecule has 0 saturated carbocycles. The molecule has 13 heteroatoms. The number of tetrazole rings is 1. The first-order valence-corrected chi connectivity index (χ1v) is 11.4. The monoisotopic (exact) mass is 506 g/mol. The summed E-state index contributed by atoms with van der Waals surface area (Å²) in [6, 6.07) is 6.41. The van der Waals surface area contributed by atoms with E-state index in [9.17, 15) is 13.6 Å². The molecule has 190 valence electrons. The maximum Gasteiger partial charge on any atom is 0.293 e. The van der Waals surface area contributed by atoms with E-state index in [1.54, 1.807) is 53.0 Å². The lowest BCUT2D eigenvalue weighted by atomic mass is 10.0. The second-order valence-corrected chi connectivity index (χ2v) is 9.51. The number of aromatic nitrogens is 9. The van der Waals surface area contributed by atoms with Crippen molar-refractivity contribution < 1.29 is 13.6 Å². The van der Waals surface area contributed by atoms with Crippen LogP contribution in [0.1, 0.15) is 48.9 Å². The van der Waals surface area contributed by atoms with Crippen molar-refractivity contribution in [2.75, 3.05) is 0 Å². The maximum atomic E-state index is 14.1. The topological polar surface area (TPSA) is 121 Å². The third-order valence-electron chi connectivity index (χ3n) is 5.70. The van der Waals surface area contributed by atoms with E-state index in [1.807, 2.05) is 27.0 Å².